The average molecular weight is 435 g/mol. The Bertz CT molecular complexity index is 961. The maximum absolute atomic E-state index is 12.7. The molecule has 2 aliphatic rings. The summed E-state index contributed by atoms with van der Waals surface area (Å²) in [5, 5.41) is 7.08. The molecular weight excluding hydrogens is 408 g/mol. The van der Waals surface area contributed by atoms with Crippen LogP contribution in [0.3, 0.4) is 0 Å². The van der Waals surface area contributed by atoms with Crippen LogP contribution >= 0.6 is 0 Å². The van der Waals surface area contributed by atoms with Gasteiger partial charge in [0.15, 0.2) is 0 Å². The monoisotopic (exact) mass is 434 g/mol. The van der Waals surface area contributed by atoms with E-state index in [-0.39, 0.29) is 16.9 Å². The molecule has 0 aliphatic carbocycles. The number of hydrogen-bond donors (Lipinski definition) is 1. The van der Waals surface area contributed by atoms with Crippen molar-refractivity contribution in [1.82, 2.24) is 14.1 Å². The molecule has 1 atom stereocenters. The molecule has 1 aromatic heterocycles. The number of morpholine rings is 1. The smallest absolute Gasteiger partial charge is 0.255 e. The van der Waals surface area contributed by atoms with Crippen LogP contribution in [0.15, 0.2) is 41.6 Å². The molecule has 162 valence electrons. The second kappa shape index (κ2) is 9.25. The van der Waals surface area contributed by atoms with Gasteiger partial charge in [0.05, 0.1) is 42.6 Å². The number of aromatic nitrogens is 2. The van der Waals surface area contributed by atoms with Crippen molar-refractivity contribution in [3.05, 3.63) is 42.2 Å². The van der Waals surface area contributed by atoms with Crippen LogP contribution in [0.4, 0.5) is 5.69 Å². The van der Waals surface area contributed by atoms with Gasteiger partial charge in [-0.15, -0.1) is 0 Å². The molecule has 10 heteroatoms. The van der Waals surface area contributed by atoms with E-state index in [1.54, 1.807) is 17.1 Å². The molecular formula is C20H26N4O5S. The number of carbonyl (C=O) groups is 1. The van der Waals surface area contributed by atoms with Gasteiger partial charge in [-0.2, -0.15) is 9.40 Å². The van der Waals surface area contributed by atoms with Gasteiger partial charge in [-0.25, -0.2) is 8.42 Å². The summed E-state index contributed by atoms with van der Waals surface area (Å²) < 4.78 is 39.4. The van der Waals surface area contributed by atoms with Crippen molar-refractivity contribution in [3.8, 4) is 0 Å². The van der Waals surface area contributed by atoms with Crippen LogP contribution in [0.2, 0.25) is 0 Å². The first-order valence-electron chi connectivity index (χ1n) is 10.2. The van der Waals surface area contributed by atoms with Gasteiger partial charge in [0.2, 0.25) is 10.0 Å². The van der Waals surface area contributed by atoms with Gasteiger partial charge >= 0.3 is 0 Å². The van der Waals surface area contributed by atoms with Gasteiger partial charge in [0.1, 0.15) is 0 Å². The maximum atomic E-state index is 12.7. The second-order valence-corrected chi connectivity index (χ2v) is 9.37. The Hall–Kier alpha value is -2.27. The highest BCUT2D eigenvalue weighted by atomic mass is 32.2. The van der Waals surface area contributed by atoms with Crippen molar-refractivity contribution in [3.63, 3.8) is 0 Å². The van der Waals surface area contributed by atoms with Crippen LogP contribution in [0.25, 0.3) is 0 Å². The third-order valence-corrected chi connectivity index (χ3v) is 7.19. The molecule has 1 N–H and O–H groups in total. The first-order chi connectivity index (χ1) is 14.5. The highest BCUT2D eigenvalue weighted by molar-refractivity contribution is 7.89. The minimum absolute atomic E-state index is 0.156. The van der Waals surface area contributed by atoms with Gasteiger partial charge in [0, 0.05) is 31.5 Å². The summed E-state index contributed by atoms with van der Waals surface area (Å²) in [6, 6.07) is 5.96. The lowest BCUT2D eigenvalue weighted by atomic mass is 10.1. The van der Waals surface area contributed by atoms with E-state index in [1.807, 2.05) is 0 Å². The molecule has 0 radical (unpaired) electrons. The highest BCUT2D eigenvalue weighted by Gasteiger charge is 2.26. The zero-order valence-corrected chi connectivity index (χ0v) is 17.5. The minimum Gasteiger partial charge on any atom is -0.379 e. The van der Waals surface area contributed by atoms with Crippen molar-refractivity contribution in [1.29, 1.82) is 0 Å². The Morgan fingerprint density at radius 1 is 1.13 bits per heavy atom. The Kier molecular flexibility index (Phi) is 6.47. The van der Waals surface area contributed by atoms with Crippen LogP contribution in [-0.4, -0.2) is 67.4 Å². The van der Waals surface area contributed by atoms with E-state index in [2.05, 4.69) is 10.4 Å². The molecule has 0 spiro atoms. The number of carbonyl (C=O) groups excluding carboxylic acids is 1. The van der Waals surface area contributed by atoms with E-state index in [0.29, 0.717) is 44.1 Å². The predicted molar refractivity (Wildman–Crippen MR) is 110 cm³/mol. The Labute approximate surface area is 176 Å². The average Bonchev–Trinajstić information content (AvgIpc) is 3.21. The SMILES string of the molecule is O=C(Nc1cnn(CC2CCCCO2)c1)c1ccc(S(=O)(=O)N2CCOCC2)cc1. The molecule has 9 nitrogen and oxygen atoms in total. The van der Waals surface area contributed by atoms with Crippen molar-refractivity contribution in [2.24, 2.45) is 0 Å². The van der Waals surface area contributed by atoms with Crippen LogP contribution in [0, 0.1) is 0 Å². The fourth-order valence-electron chi connectivity index (χ4n) is 3.61. The number of anilines is 1. The summed E-state index contributed by atoms with van der Waals surface area (Å²) in [5.74, 6) is -0.321. The summed E-state index contributed by atoms with van der Waals surface area (Å²) >= 11 is 0. The number of ether oxygens (including phenoxy) is 2. The lowest BCUT2D eigenvalue weighted by Crippen LogP contribution is -2.40. The number of amides is 1. The van der Waals surface area contributed by atoms with Crippen molar-refractivity contribution in [2.45, 2.75) is 36.8 Å². The maximum Gasteiger partial charge on any atom is 0.255 e. The zero-order valence-electron chi connectivity index (χ0n) is 16.7. The first kappa shape index (κ1) is 21.0. The molecule has 1 aromatic carbocycles. The zero-order chi connectivity index (χ0) is 21.0. The molecule has 2 saturated heterocycles. The van der Waals surface area contributed by atoms with Crippen LogP contribution in [-0.2, 0) is 26.0 Å². The minimum atomic E-state index is -3.58. The van der Waals surface area contributed by atoms with Gasteiger partial charge in [-0.3, -0.25) is 9.48 Å². The summed E-state index contributed by atoms with van der Waals surface area (Å²) in [5.41, 5.74) is 0.958. The van der Waals surface area contributed by atoms with E-state index in [9.17, 15) is 13.2 Å². The fourth-order valence-corrected chi connectivity index (χ4v) is 5.01. The molecule has 2 fully saturated rings. The molecule has 4 rings (SSSR count). The third kappa shape index (κ3) is 4.89. The van der Waals surface area contributed by atoms with Crippen molar-refractivity contribution >= 4 is 21.6 Å². The normalized spacial score (nSPS) is 20.7. The number of nitrogens with zero attached hydrogens (tertiary/aromatic N) is 3. The third-order valence-electron chi connectivity index (χ3n) is 5.28. The van der Waals surface area contributed by atoms with E-state index in [1.165, 1.54) is 28.6 Å². The second-order valence-electron chi connectivity index (χ2n) is 7.43. The van der Waals surface area contributed by atoms with E-state index in [0.717, 1.165) is 25.9 Å². The molecule has 30 heavy (non-hydrogen) atoms. The number of benzene rings is 1. The Morgan fingerprint density at radius 3 is 2.60 bits per heavy atom. The molecule has 0 saturated carbocycles. The topological polar surface area (TPSA) is 103 Å². The Balaban J connectivity index is 1.37. The summed E-state index contributed by atoms with van der Waals surface area (Å²) in [7, 11) is -3.58. The first-order valence-corrected chi connectivity index (χ1v) is 11.6. The van der Waals surface area contributed by atoms with E-state index in [4.69, 9.17) is 9.47 Å². The highest BCUT2D eigenvalue weighted by Crippen LogP contribution is 2.19. The largest absolute Gasteiger partial charge is 0.379 e. The lowest BCUT2D eigenvalue weighted by molar-refractivity contribution is 0.00400. The lowest BCUT2D eigenvalue weighted by Gasteiger charge is -2.26. The number of rotatable bonds is 6. The van der Waals surface area contributed by atoms with Gasteiger partial charge < -0.3 is 14.8 Å². The summed E-state index contributed by atoms with van der Waals surface area (Å²) in [6.07, 6.45) is 6.80. The summed E-state index contributed by atoms with van der Waals surface area (Å²) in [6.45, 7) is 2.89. The van der Waals surface area contributed by atoms with Crippen molar-refractivity contribution < 1.29 is 22.7 Å². The number of hydrogen-bond acceptors (Lipinski definition) is 6. The molecule has 3 heterocycles. The quantitative estimate of drug-likeness (QED) is 0.743. The van der Waals surface area contributed by atoms with E-state index < -0.39 is 10.0 Å². The Morgan fingerprint density at radius 2 is 1.90 bits per heavy atom. The molecule has 1 amide bonds. The summed E-state index contributed by atoms with van der Waals surface area (Å²) in [4.78, 5) is 12.7. The van der Waals surface area contributed by atoms with Gasteiger partial charge in [-0.05, 0) is 43.5 Å². The standard InChI is InChI=1S/C20H26N4O5S/c25-20(22-17-13-21-23(14-17)15-18-3-1-2-10-29-18)16-4-6-19(7-5-16)30(26,27)24-8-11-28-12-9-24/h4-7,13-14,18H,1-3,8-12,15H2,(H,22,25). The fraction of sp³-hybridized carbons (Fsp3) is 0.500. The van der Waals surface area contributed by atoms with Crippen LogP contribution in [0.5, 0.6) is 0 Å². The molecule has 2 aliphatic heterocycles. The van der Waals surface area contributed by atoms with Crippen LogP contribution in [0.1, 0.15) is 29.6 Å². The number of nitrogens with one attached hydrogen (secondary N) is 1. The number of sulfonamides is 1. The van der Waals surface area contributed by atoms with Crippen LogP contribution < -0.4 is 5.32 Å². The van der Waals surface area contributed by atoms with E-state index >= 15 is 0 Å². The molecule has 2 aromatic rings. The van der Waals surface area contributed by atoms with Crippen molar-refractivity contribution in [2.75, 3.05) is 38.2 Å². The molecule has 0 bridgehead atoms. The van der Waals surface area contributed by atoms with Gasteiger partial charge in [0.25, 0.3) is 5.91 Å². The van der Waals surface area contributed by atoms with Gasteiger partial charge in [-0.1, -0.05) is 0 Å². The predicted octanol–water partition coefficient (Wildman–Crippen LogP) is 1.73. The molecule has 1 unspecified atom stereocenters.